The Hall–Kier alpha value is -3.30. The van der Waals surface area contributed by atoms with Crippen LogP contribution in [0, 0.1) is 0 Å². The molecule has 1 fully saturated rings. The molecular weight excluding hydrogens is 613 g/mol. The lowest BCUT2D eigenvalue weighted by molar-refractivity contribution is -0.131. The number of amides is 2. The Bertz CT molecular complexity index is 1430. The second kappa shape index (κ2) is 18.3. The van der Waals surface area contributed by atoms with Crippen LogP contribution in [0.1, 0.15) is 61.6 Å². The SMILES string of the molecule is CC(Cc1ccc(Cl)cc1)NC(=O)C1Cc2ccccc2CN1.CCN(CC)CC(c1ccccc1CF)N1CCN(C(C)=O)CC1. The lowest BCUT2D eigenvalue weighted by Gasteiger charge is -2.41. The Morgan fingerprint density at radius 1 is 0.957 bits per heavy atom. The van der Waals surface area contributed by atoms with E-state index in [1.165, 1.54) is 16.7 Å². The molecule has 9 heteroatoms. The van der Waals surface area contributed by atoms with E-state index in [9.17, 15) is 14.0 Å². The van der Waals surface area contributed by atoms with Crippen LogP contribution in [0.3, 0.4) is 0 Å². The van der Waals surface area contributed by atoms with Gasteiger partial charge in [-0.25, -0.2) is 4.39 Å². The molecule has 0 saturated carbocycles. The number of hydrogen-bond donors (Lipinski definition) is 2. The van der Waals surface area contributed by atoms with Gasteiger partial charge in [-0.1, -0.05) is 86.1 Å². The van der Waals surface area contributed by atoms with E-state index < -0.39 is 6.67 Å². The third kappa shape index (κ3) is 10.6. The van der Waals surface area contributed by atoms with Gasteiger partial charge in [-0.2, -0.15) is 0 Å². The van der Waals surface area contributed by atoms with E-state index in [0.29, 0.717) is 0 Å². The summed E-state index contributed by atoms with van der Waals surface area (Å²) in [4.78, 5) is 30.7. The van der Waals surface area contributed by atoms with Crippen molar-refractivity contribution in [2.45, 2.75) is 71.9 Å². The first-order valence-electron chi connectivity index (χ1n) is 16.9. The van der Waals surface area contributed by atoms with Gasteiger partial charge in [-0.3, -0.25) is 14.5 Å². The van der Waals surface area contributed by atoms with Crippen molar-refractivity contribution in [1.29, 1.82) is 0 Å². The highest BCUT2D eigenvalue weighted by atomic mass is 35.5. The average molecular weight is 664 g/mol. The molecule has 2 aliphatic heterocycles. The van der Waals surface area contributed by atoms with Crippen molar-refractivity contribution in [3.8, 4) is 0 Å². The predicted octanol–water partition coefficient (Wildman–Crippen LogP) is 5.80. The van der Waals surface area contributed by atoms with Gasteiger partial charge >= 0.3 is 0 Å². The molecule has 0 aromatic heterocycles. The topological polar surface area (TPSA) is 67.9 Å². The lowest BCUT2D eigenvalue weighted by Crippen LogP contribution is -2.51. The average Bonchev–Trinajstić information content (AvgIpc) is 3.10. The number of hydrogen-bond acceptors (Lipinski definition) is 5. The third-order valence-corrected chi connectivity index (χ3v) is 9.58. The minimum Gasteiger partial charge on any atom is -0.352 e. The van der Waals surface area contributed by atoms with Crippen molar-refractivity contribution in [2.24, 2.45) is 0 Å². The molecule has 0 bridgehead atoms. The van der Waals surface area contributed by atoms with Crippen molar-refractivity contribution in [3.05, 3.63) is 106 Å². The quantitative estimate of drug-likeness (QED) is 0.271. The summed E-state index contributed by atoms with van der Waals surface area (Å²) in [5.74, 6) is 0.208. The predicted molar refractivity (Wildman–Crippen MR) is 189 cm³/mol. The van der Waals surface area contributed by atoms with Gasteiger partial charge in [0.25, 0.3) is 0 Å². The first kappa shape index (κ1) is 36.5. The zero-order valence-corrected chi connectivity index (χ0v) is 29.1. The number of benzene rings is 3. The lowest BCUT2D eigenvalue weighted by atomic mass is 9.95. The Morgan fingerprint density at radius 3 is 2.23 bits per heavy atom. The number of nitrogens with zero attached hydrogens (tertiary/aromatic N) is 3. The summed E-state index contributed by atoms with van der Waals surface area (Å²) in [7, 11) is 0. The molecule has 0 radical (unpaired) electrons. The van der Waals surface area contributed by atoms with Crippen LogP contribution in [-0.2, 0) is 35.7 Å². The van der Waals surface area contributed by atoms with Crippen LogP contribution in [0.15, 0.2) is 72.8 Å². The fourth-order valence-corrected chi connectivity index (χ4v) is 6.60. The highest BCUT2D eigenvalue weighted by Crippen LogP contribution is 2.27. The smallest absolute Gasteiger partial charge is 0.237 e. The van der Waals surface area contributed by atoms with Gasteiger partial charge in [0.1, 0.15) is 6.67 Å². The van der Waals surface area contributed by atoms with Crippen molar-refractivity contribution in [3.63, 3.8) is 0 Å². The molecule has 3 aromatic carbocycles. The molecule has 3 atom stereocenters. The zero-order chi connectivity index (χ0) is 33.8. The summed E-state index contributed by atoms with van der Waals surface area (Å²) in [6.45, 7) is 14.3. The van der Waals surface area contributed by atoms with E-state index in [-0.39, 0.29) is 29.9 Å². The van der Waals surface area contributed by atoms with Crippen LogP contribution in [0.25, 0.3) is 0 Å². The summed E-state index contributed by atoms with van der Waals surface area (Å²) < 4.78 is 13.5. The van der Waals surface area contributed by atoms with Gasteiger partial charge in [0, 0.05) is 63.3 Å². The van der Waals surface area contributed by atoms with E-state index in [2.05, 4.69) is 52.5 Å². The van der Waals surface area contributed by atoms with Crippen molar-refractivity contribution >= 4 is 23.4 Å². The first-order chi connectivity index (χ1) is 22.7. The molecule has 0 aliphatic carbocycles. The van der Waals surface area contributed by atoms with E-state index >= 15 is 0 Å². The second-order valence-electron chi connectivity index (χ2n) is 12.5. The van der Waals surface area contributed by atoms with Crippen LogP contribution in [0.5, 0.6) is 0 Å². The molecule has 2 heterocycles. The van der Waals surface area contributed by atoms with E-state index in [1.54, 1.807) is 6.92 Å². The number of piperazine rings is 1. The zero-order valence-electron chi connectivity index (χ0n) is 28.4. The van der Waals surface area contributed by atoms with Crippen LogP contribution in [0.2, 0.25) is 5.02 Å². The summed E-state index contributed by atoms with van der Waals surface area (Å²) in [5.41, 5.74) is 5.58. The number of nitrogens with one attached hydrogen (secondary N) is 2. The molecule has 2 N–H and O–H groups in total. The Kier molecular flexibility index (Phi) is 14.2. The standard InChI is InChI=1S/C19H21ClN2O.C19H30FN3O/c1-13(10-14-6-8-17(20)9-7-14)22-19(23)18-11-15-4-2-3-5-16(15)12-21-18;1-4-21(5-2)15-19(18-9-7-6-8-17(18)14-20)23-12-10-22(11-13-23)16(3)24/h2-9,13,18,21H,10-12H2,1H3,(H,22,23);6-9,19H,4-5,10-15H2,1-3H3. The number of carbonyl (C=O) groups excluding carboxylic acids is 2. The maximum Gasteiger partial charge on any atom is 0.237 e. The molecule has 3 aromatic rings. The molecule has 254 valence electrons. The van der Waals surface area contributed by atoms with Crippen molar-refractivity contribution in [2.75, 3.05) is 45.8 Å². The summed E-state index contributed by atoms with van der Waals surface area (Å²) in [5, 5.41) is 7.16. The Labute approximate surface area is 285 Å². The van der Waals surface area contributed by atoms with Crippen LogP contribution in [-0.4, -0.2) is 84.4 Å². The number of halogens is 2. The molecular formula is C38H51ClFN5O2. The number of carbonyl (C=O) groups is 2. The van der Waals surface area contributed by atoms with Gasteiger partial charge < -0.3 is 20.4 Å². The number of rotatable bonds is 11. The maximum absolute atomic E-state index is 13.5. The Morgan fingerprint density at radius 2 is 1.60 bits per heavy atom. The molecule has 3 unspecified atom stereocenters. The maximum atomic E-state index is 13.5. The fraction of sp³-hybridized carbons (Fsp3) is 0.474. The fourth-order valence-electron chi connectivity index (χ4n) is 6.47. The van der Waals surface area contributed by atoms with Gasteiger partial charge in [-0.05, 0) is 72.8 Å². The minimum atomic E-state index is -0.432. The summed E-state index contributed by atoms with van der Waals surface area (Å²) >= 11 is 5.90. The van der Waals surface area contributed by atoms with Crippen molar-refractivity contribution in [1.82, 2.24) is 25.3 Å². The third-order valence-electron chi connectivity index (χ3n) is 9.33. The van der Waals surface area contributed by atoms with Gasteiger partial charge in [0.2, 0.25) is 11.8 Å². The number of likely N-dealkylation sites (N-methyl/N-ethyl adjacent to an activating group) is 1. The van der Waals surface area contributed by atoms with Crippen LogP contribution < -0.4 is 10.6 Å². The number of fused-ring (bicyclic) bond motifs is 1. The molecule has 47 heavy (non-hydrogen) atoms. The highest BCUT2D eigenvalue weighted by molar-refractivity contribution is 6.30. The largest absolute Gasteiger partial charge is 0.352 e. The van der Waals surface area contributed by atoms with E-state index in [4.69, 9.17) is 11.6 Å². The highest BCUT2D eigenvalue weighted by Gasteiger charge is 2.28. The second-order valence-corrected chi connectivity index (χ2v) is 13.0. The van der Waals surface area contributed by atoms with Crippen LogP contribution in [0.4, 0.5) is 4.39 Å². The van der Waals surface area contributed by atoms with Gasteiger partial charge in [0.05, 0.1) is 6.04 Å². The molecule has 1 saturated heterocycles. The molecule has 2 aliphatic rings. The van der Waals surface area contributed by atoms with Gasteiger partial charge in [0.15, 0.2) is 0 Å². The molecule has 2 amide bonds. The molecule has 0 spiro atoms. The van der Waals surface area contributed by atoms with Crippen LogP contribution >= 0.6 is 11.6 Å². The molecule has 5 rings (SSSR count). The molecule has 7 nitrogen and oxygen atoms in total. The van der Waals surface area contributed by atoms with Gasteiger partial charge in [-0.15, -0.1) is 0 Å². The monoisotopic (exact) mass is 663 g/mol. The minimum absolute atomic E-state index is 0.0703. The normalized spacial score (nSPS) is 17.7. The van der Waals surface area contributed by atoms with E-state index in [1.807, 2.05) is 66.4 Å². The first-order valence-corrected chi connectivity index (χ1v) is 17.3. The van der Waals surface area contributed by atoms with E-state index in [0.717, 1.165) is 81.3 Å². The summed E-state index contributed by atoms with van der Waals surface area (Å²) in [6, 6.07) is 24.0. The number of alkyl halides is 1. The van der Waals surface area contributed by atoms with Crippen molar-refractivity contribution < 1.29 is 14.0 Å². The Balaban J connectivity index is 0.000000213. The summed E-state index contributed by atoms with van der Waals surface area (Å²) in [6.07, 6.45) is 1.54.